The molecule has 4 heteroatoms. The van der Waals surface area contributed by atoms with Crippen LogP contribution in [-0.2, 0) is 0 Å². The molecule has 0 atom stereocenters. The van der Waals surface area contributed by atoms with Crippen molar-refractivity contribution < 1.29 is 9.53 Å². The van der Waals surface area contributed by atoms with Gasteiger partial charge in [0, 0.05) is 13.1 Å². The van der Waals surface area contributed by atoms with E-state index in [9.17, 15) is 4.79 Å². The SMILES string of the molecule is C=Nc1ccc(OC)cc1C(=O)N1CCC(=C)C1. The molecule has 1 amide bonds. The highest BCUT2D eigenvalue weighted by molar-refractivity contribution is 6.00. The number of aliphatic imine (C=N–C) groups is 1. The number of methoxy groups -OCH3 is 1. The van der Waals surface area contributed by atoms with E-state index >= 15 is 0 Å². The number of amides is 1. The average molecular weight is 244 g/mol. The molecule has 1 fully saturated rings. The smallest absolute Gasteiger partial charge is 0.256 e. The molecule has 0 saturated carbocycles. The van der Waals surface area contributed by atoms with Crippen LogP contribution in [0.25, 0.3) is 0 Å². The molecule has 2 rings (SSSR count). The Morgan fingerprint density at radius 3 is 2.83 bits per heavy atom. The second kappa shape index (κ2) is 5.04. The summed E-state index contributed by atoms with van der Waals surface area (Å²) in [6, 6.07) is 5.21. The van der Waals surface area contributed by atoms with Gasteiger partial charge >= 0.3 is 0 Å². The lowest BCUT2D eigenvalue weighted by atomic mass is 10.1. The third-order valence-electron chi connectivity index (χ3n) is 3.04. The van der Waals surface area contributed by atoms with Crippen LogP contribution >= 0.6 is 0 Å². The summed E-state index contributed by atoms with van der Waals surface area (Å²) in [4.78, 5) is 18.0. The second-order valence-corrected chi connectivity index (χ2v) is 4.27. The third-order valence-corrected chi connectivity index (χ3v) is 3.04. The van der Waals surface area contributed by atoms with Gasteiger partial charge in [0.05, 0.1) is 18.4 Å². The number of hydrogen-bond acceptors (Lipinski definition) is 3. The maximum Gasteiger partial charge on any atom is 0.256 e. The number of nitrogens with zero attached hydrogens (tertiary/aromatic N) is 2. The lowest BCUT2D eigenvalue weighted by molar-refractivity contribution is 0.0796. The van der Waals surface area contributed by atoms with Gasteiger partial charge in [-0.15, -0.1) is 0 Å². The van der Waals surface area contributed by atoms with Gasteiger partial charge in [-0.25, -0.2) is 0 Å². The number of carbonyl (C=O) groups is 1. The second-order valence-electron chi connectivity index (χ2n) is 4.27. The molecule has 0 aromatic heterocycles. The van der Waals surface area contributed by atoms with E-state index < -0.39 is 0 Å². The Kier molecular flexibility index (Phi) is 3.46. The number of hydrogen-bond donors (Lipinski definition) is 0. The number of likely N-dealkylation sites (tertiary alicyclic amines) is 1. The Morgan fingerprint density at radius 2 is 2.28 bits per heavy atom. The molecule has 1 heterocycles. The summed E-state index contributed by atoms with van der Waals surface area (Å²) >= 11 is 0. The maximum atomic E-state index is 12.4. The van der Waals surface area contributed by atoms with Crippen molar-refractivity contribution in [3.05, 3.63) is 35.9 Å². The predicted molar refractivity (Wildman–Crippen MR) is 71.9 cm³/mol. The first-order valence-corrected chi connectivity index (χ1v) is 5.76. The Balaban J connectivity index is 2.33. The summed E-state index contributed by atoms with van der Waals surface area (Å²) in [5, 5.41) is 0. The van der Waals surface area contributed by atoms with E-state index in [1.807, 2.05) is 0 Å². The Labute approximate surface area is 107 Å². The van der Waals surface area contributed by atoms with E-state index in [2.05, 4.69) is 18.3 Å². The first kappa shape index (κ1) is 12.4. The van der Waals surface area contributed by atoms with Gasteiger partial charge in [-0.2, -0.15) is 0 Å². The van der Waals surface area contributed by atoms with Gasteiger partial charge in [0.15, 0.2) is 0 Å². The Bertz CT molecular complexity index is 509. The number of benzene rings is 1. The highest BCUT2D eigenvalue weighted by Crippen LogP contribution is 2.27. The van der Waals surface area contributed by atoms with Crippen LogP contribution in [0.15, 0.2) is 35.3 Å². The number of rotatable bonds is 3. The fourth-order valence-electron chi connectivity index (χ4n) is 2.02. The predicted octanol–water partition coefficient (Wildman–Crippen LogP) is 2.43. The largest absolute Gasteiger partial charge is 0.497 e. The van der Waals surface area contributed by atoms with Gasteiger partial charge in [-0.3, -0.25) is 9.79 Å². The lowest BCUT2D eigenvalue weighted by Gasteiger charge is -2.16. The fourth-order valence-corrected chi connectivity index (χ4v) is 2.02. The molecule has 1 aliphatic rings. The number of carbonyl (C=O) groups excluding carboxylic acids is 1. The monoisotopic (exact) mass is 244 g/mol. The van der Waals surface area contributed by atoms with Crippen molar-refractivity contribution >= 4 is 18.3 Å². The van der Waals surface area contributed by atoms with E-state index in [1.54, 1.807) is 30.2 Å². The van der Waals surface area contributed by atoms with Crippen molar-refractivity contribution in [1.29, 1.82) is 0 Å². The molecule has 4 nitrogen and oxygen atoms in total. The molecule has 0 aliphatic carbocycles. The van der Waals surface area contributed by atoms with E-state index in [1.165, 1.54) is 0 Å². The van der Waals surface area contributed by atoms with Crippen LogP contribution in [0.2, 0.25) is 0 Å². The van der Waals surface area contributed by atoms with Gasteiger partial charge < -0.3 is 9.64 Å². The zero-order chi connectivity index (χ0) is 13.1. The molecule has 0 unspecified atom stereocenters. The molecule has 1 aromatic rings. The molecule has 0 spiro atoms. The van der Waals surface area contributed by atoms with Crippen LogP contribution < -0.4 is 4.74 Å². The van der Waals surface area contributed by atoms with Gasteiger partial charge in [0.1, 0.15) is 5.75 Å². The topological polar surface area (TPSA) is 41.9 Å². The zero-order valence-electron chi connectivity index (χ0n) is 10.5. The van der Waals surface area contributed by atoms with Gasteiger partial charge in [-0.05, 0) is 31.3 Å². The summed E-state index contributed by atoms with van der Waals surface area (Å²) < 4.78 is 5.14. The third kappa shape index (κ3) is 2.27. The van der Waals surface area contributed by atoms with Crippen molar-refractivity contribution in [2.75, 3.05) is 20.2 Å². The van der Waals surface area contributed by atoms with Crippen LogP contribution in [0.1, 0.15) is 16.8 Å². The fraction of sp³-hybridized carbons (Fsp3) is 0.286. The summed E-state index contributed by atoms with van der Waals surface area (Å²) in [5.74, 6) is 0.596. The molecule has 0 bridgehead atoms. The quantitative estimate of drug-likeness (QED) is 0.605. The molecule has 94 valence electrons. The van der Waals surface area contributed by atoms with Crippen LogP contribution in [0.4, 0.5) is 5.69 Å². The minimum atomic E-state index is -0.0463. The molecule has 18 heavy (non-hydrogen) atoms. The van der Waals surface area contributed by atoms with E-state index in [0.717, 1.165) is 12.0 Å². The average Bonchev–Trinajstić information content (AvgIpc) is 2.83. The molecular formula is C14H16N2O2. The minimum absolute atomic E-state index is 0.0463. The Morgan fingerprint density at radius 1 is 1.50 bits per heavy atom. The first-order chi connectivity index (χ1) is 8.65. The van der Waals surface area contributed by atoms with Gasteiger partial charge in [0.2, 0.25) is 0 Å². The number of ether oxygens (including phenoxy) is 1. The van der Waals surface area contributed by atoms with Crippen LogP contribution in [0, 0.1) is 0 Å². The summed E-state index contributed by atoms with van der Waals surface area (Å²) in [6.07, 6.45) is 0.868. The standard InChI is InChI=1S/C14H16N2O2/c1-10-6-7-16(9-10)14(17)12-8-11(18-3)4-5-13(12)15-2/h4-5,8H,1-2,6-7,9H2,3H3. The zero-order valence-corrected chi connectivity index (χ0v) is 10.5. The molecule has 1 aliphatic heterocycles. The lowest BCUT2D eigenvalue weighted by Crippen LogP contribution is -2.27. The minimum Gasteiger partial charge on any atom is -0.497 e. The molecule has 0 N–H and O–H groups in total. The summed E-state index contributed by atoms with van der Waals surface area (Å²) in [5.41, 5.74) is 2.19. The molecular weight excluding hydrogens is 228 g/mol. The van der Waals surface area contributed by atoms with E-state index in [4.69, 9.17) is 4.74 Å². The van der Waals surface area contributed by atoms with Crippen molar-refractivity contribution in [3.8, 4) is 5.75 Å². The van der Waals surface area contributed by atoms with Crippen molar-refractivity contribution in [2.24, 2.45) is 4.99 Å². The maximum absolute atomic E-state index is 12.4. The van der Waals surface area contributed by atoms with Crippen molar-refractivity contribution in [1.82, 2.24) is 4.90 Å². The van der Waals surface area contributed by atoms with E-state index in [0.29, 0.717) is 30.1 Å². The normalized spacial score (nSPS) is 14.7. The van der Waals surface area contributed by atoms with Gasteiger partial charge in [0.25, 0.3) is 5.91 Å². The highest BCUT2D eigenvalue weighted by atomic mass is 16.5. The van der Waals surface area contributed by atoms with Crippen molar-refractivity contribution in [3.63, 3.8) is 0 Å². The van der Waals surface area contributed by atoms with Crippen LogP contribution in [-0.4, -0.2) is 37.7 Å². The summed E-state index contributed by atoms with van der Waals surface area (Å²) in [7, 11) is 1.57. The Hall–Kier alpha value is -2.10. The molecule has 0 radical (unpaired) electrons. The molecule has 1 aromatic carbocycles. The van der Waals surface area contributed by atoms with E-state index in [-0.39, 0.29) is 5.91 Å². The van der Waals surface area contributed by atoms with Crippen LogP contribution in [0.3, 0.4) is 0 Å². The molecule has 1 saturated heterocycles. The highest BCUT2D eigenvalue weighted by Gasteiger charge is 2.23. The summed E-state index contributed by atoms with van der Waals surface area (Å²) in [6.45, 7) is 8.73. The van der Waals surface area contributed by atoms with Gasteiger partial charge in [-0.1, -0.05) is 12.2 Å². The first-order valence-electron chi connectivity index (χ1n) is 5.76. The van der Waals surface area contributed by atoms with Crippen molar-refractivity contribution in [2.45, 2.75) is 6.42 Å². The van der Waals surface area contributed by atoms with Crippen LogP contribution in [0.5, 0.6) is 5.75 Å².